The van der Waals surface area contributed by atoms with Gasteiger partial charge in [-0.3, -0.25) is 0 Å². The maximum Gasteiger partial charge on any atom is 0.160 e. The minimum absolute atomic E-state index is 0.317. The molecule has 0 aliphatic heterocycles. The van der Waals surface area contributed by atoms with E-state index in [4.69, 9.17) is 4.42 Å². The molecular weight excluding hydrogens is 763 g/mol. The summed E-state index contributed by atoms with van der Waals surface area (Å²) in [5.41, 5.74) is 13.4. The fourth-order valence-electron chi connectivity index (χ4n) is 9.65. The Hall–Kier alpha value is -7.94. The van der Waals surface area contributed by atoms with Gasteiger partial charge < -0.3 is 9.32 Å². The molecule has 1 heterocycles. The lowest BCUT2D eigenvalue weighted by Crippen LogP contribution is -2.10. The van der Waals surface area contributed by atoms with Crippen LogP contribution in [-0.4, -0.2) is 0 Å². The molecule has 0 saturated carbocycles. The van der Waals surface area contributed by atoms with E-state index in [1.807, 2.05) is 0 Å². The van der Waals surface area contributed by atoms with Gasteiger partial charge in [-0.1, -0.05) is 178 Å². The van der Waals surface area contributed by atoms with Gasteiger partial charge in [0.25, 0.3) is 0 Å². The van der Waals surface area contributed by atoms with Crippen LogP contribution in [0.1, 0.15) is 25.3 Å². The first-order valence-corrected chi connectivity index (χ1v) is 21.9. The fraction of sp³-hybridized carbons (Fsp3) is 0.0492. The molecule has 0 spiro atoms. The first-order chi connectivity index (χ1) is 31.0. The highest BCUT2D eigenvalue weighted by Crippen LogP contribution is 2.47. The van der Waals surface area contributed by atoms with Crippen molar-refractivity contribution < 1.29 is 4.42 Å². The van der Waals surface area contributed by atoms with Crippen molar-refractivity contribution in [3.8, 4) is 33.4 Å². The zero-order valence-electron chi connectivity index (χ0n) is 35.2. The van der Waals surface area contributed by atoms with E-state index in [0.717, 1.165) is 39.0 Å². The molecule has 0 unspecified atom stereocenters. The molecule has 12 rings (SSSR count). The van der Waals surface area contributed by atoms with Crippen LogP contribution in [0.2, 0.25) is 0 Å². The van der Waals surface area contributed by atoms with Crippen molar-refractivity contribution in [1.82, 2.24) is 0 Å². The SMILES string of the molecule is CC(C)c1cccc2c1oc1c(N(c3ccc(-c4ccc5ccccc5c4)cc3)c3ccc(-c4ccc5cc(-c6ccc7ccccc7c6)ccc5c4)cc3)cc3ccccc3c12. The van der Waals surface area contributed by atoms with Gasteiger partial charge in [-0.05, 0) is 143 Å². The number of benzene rings is 11. The van der Waals surface area contributed by atoms with Gasteiger partial charge in [0.1, 0.15) is 5.58 Å². The number of hydrogen-bond acceptors (Lipinski definition) is 2. The lowest BCUT2D eigenvalue weighted by molar-refractivity contribution is 0.657. The molecule has 1 aromatic heterocycles. The van der Waals surface area contributed by atoms with Crippen molar-refractivity contribution in [2.75, 3.05) is 4.90 Å². The number of fused-ring (bicyclic) bond motifs is 8. The number of rotatable bonds is 7. The van der Waals surface area contributed by atoms with E-state index in [-0.39, 0.29) is 0 Å². The first kappa shape index (κ1) is 36.9. The summed E-state index contributed by atoms with van der Waals surface area (Å²) in [4.78, 5) is 2.37. The fourth-order valence-corrected chi connectivity index (χ4v) is 9.65. The normalized spacial score (nSPS) is 11.8. The summed E-state index contributed by atoms with van der Waals surface area (Å²) in [5, 5.41) is 12.1. The lowest BCUT2D eigenvalue weighted by Gasteiger charge is -2.26. The maximum absolute atomic E-state index is 7.09. The Morgan fingerprint density at radius 2 is 0.746 bits per heavy atom. The highest BCUT2D eigenvalue weighted by molar-refractivity contribution is 6.23. The van der Waals surface area contributed by atoms with Crippen molar-refractivity contribution in [2.45, 2.75) is 19.8 Å². The Morgan fingerprint density at radius 3 is 1.27 bits per heavy atom. The highest BCUT2D eigenvalue weighted by atomic mass is 16.3. The highest BCUT2D eigenvalue weighted by Gasteiger charge is 2.23. The van der Waals surface area contributed by atoms with Crippen molar-refractivity contribution in [3.05, 3.63) is 224 Å². The quantitative estimate of drug-likeness (QED) is 0.160. The molecular formula is C61H43NO. The Morgan fingerprint density at radius 1 is 0.333 bits per heavy atom. The van der Waals surface area contributed by atoms with Gasteiger partial charge in [0, 0.05) is 22.1 Å². The summed E-state index contributed by atoms with van der Waals surface area (Å²) in [6.07, 6.45) is 0. The van der Waals surface area contributed by atoms with Gasteiger partial charge in [0.2, 0.25) is 0 Å². The summed E-state index contributed by atoms with van der Waals surface area (Å²) < 4.78 is 7.09. The van der Waals surface area contributed by atoms with Gasteiger partial charge in [-0.15, -0.1) is 0 Å². The standard InChI is InChI=1S/C61H43NO/c1-39(2)55-16-9-17-57-59-56-15-8-7-14-52(56)38-58(61(59)63-60(55)57)62(53-30-26-42(27-31-53)46-20-18-40-10-3-5-12-44(40)34-46)54-32-28-43(29-33-54)47-22-23-50-37-51(25-24-49(50)36-47)48-21-19-41-11-4-6-13-45(41)35-48/h3-39H,1-2H3. The van der Waals surface area contributed by atoms with Gasteiger partial charge in [0.15, 0.2) is 5.58 Å². The monoisotopic (exact) mass is 805 g/mol. The Kier molecular flexibility index (Phi) is 8.72. The summed E-state index contributed by atoms with van der Waals surface area (Å²) in [7, 11) is 0. The van der Waals surface area contributed by atoms with Crippen LogP contribution >= 0.6 is 0 Å². The Labute approximate surface area is 366 Å². The average Bonchev–Trinajstić information content (AvgIpc) is 3.74. The Bertz CT molecular complexity index is 3710. The van der Waals surface area contributed by atoms with E-state index >= 15 is 0 Å². The van der Waals surface area contributed by atoms with Crippen LogP contribution in [0.15, 0.2) is 223 Å². The van der Waals surface area contributed by atoms with E-state index in [1.54, 1.807) is 0 Å². The molecule has 298 valence electrons. The van der Waals surface area contributed by atoms with Gasteiger partial charge in [-0.25, -0.2) is 0 Å². The molecule has 0 fully saturated rings. The first-order valence-electron chi connectivity index (χ1n) is 21.9. The molecule has 0 aliphatic rings. The second kappa shape index (κ2) is 14.9. The summed E-state index contributed by atoms with van der Waals surface area (Å²) >= 11 is 0. The van der Waals surface area contributed by atoms with E-state index in [9.17, 15) is 0 Å². The maximum atomic E-state index is 7.09. The molecule has 0 bridgehead atoms. The van der Waals surface area contributed by atoms with Crippen LogP contribution in [0.4, 0.5) is 17.1 Å². The third-order valence-corrected chi connectivity index (χ3v) is 13.0. The minimum atomic E-state index is 0.317. The molecule has 2 heteroatoms. The van der Waals surface area contributed by atoms with Crippen LogP contribution in [0, 0.1) is 0 Å². The number of nitrogens with zero attached hydrogens (tertiary/aromatic N) is 1. The minimum Gasteiger partial charge on any atom is -0.454 e. The third kappa shape index (κ3) is 6.42. The summed E-state index contributed by atoms with van der Waals surface area (Å²) in [6, 6.07) is 79.8. The summed E-state index contributed by atoms with van der Waals surface area (Å²) in [6.45, 7) is 4.48. The molecule has 0 N–H and O–H groups in total. The van der Waals surface area contributed by atoms with E-state index in [0.29, 0.717) is 5.92 Å². The van der Waals surface area contributed by atoms with E-state index in [1.165, 1.54) is 82.0 Å². The topological polar surface area (TPSA) is 16.4 Å². The van der Waals surface area contributed by atoms with Gasteiger partial charge in [0.05, 0.1) is 5.69 Å². The second-order valence-electron chi connectivity index (χ2n) is 17.1. The predicted octanol–water partition coefficient (Wildman–Crippen LogP) is 17.8. The summed E-state index contributed by atoms with van der Waals surface area (Å²) in [5.74, 6) is 0.317. The van der Waals surface area contributed by atoms with Gasteiger partial charge >= 0.3 is 0 Å². The van der Waals surface area contributed by atoms with E-state index in [2.05, 4.69) is 237 Å². The van der Waals surface area contributed by atoms with Crippen LogP contribution < -0.4 is 4.90 Å². The average molecular weight is 806 g/mol. The zero-order chi connectivity index (χ0) is 42.0. The van der Waals surface area contributed by atoms with Gasteiger partial charge in [-0.2, -0.15) is 0 Å². The van der Waals surface area contributed by atoms with E-state index < -0.39 is 0 Å². The molecule has 12 aromatic rings. The number of para-hydroxylation sites is 1. The molecule has 0 atom stereocenters. The van der Waals surface area contributed by atoms with Crippen LogP contribution in [0.25, 0.3) is 98.4 Å². The van der Waals surface area contributed by atoms with Crippen LogP contribution in [-0.2, 0) is 0 Å². The molecule has 0 amide bonds. The number of furan rings is 1. The van der Waals surface area contributed by atoms with Crippen molar-refractivity contribution >= 4 is 82.1 Å². The van der Waals surface area contributed by atoms with Crippen molar-refractivity contribution in [3.63, 3.8) is 0 Å². The van der Waals surface area contributed by atoms with Crippen molar-refractivity contribution in [1.29, 1.82) is 0 Å². The molecule has 0 aliphatic carbocycles. The molecule has 63 heavy (non-hydrogen) atoms. The predicted molar refractivity (Wildman–Crippen MR) is 269 cm³/mol. The van der Waals surface area contributed by atoms with Crippen LogP contribution in [0.3, 0.4) is 0 Å². The third-order valence-electron chi connectivity index (χ3n) is 13.0. The Balaban J connectivity index is 0.973. The molecule has 2 nitrogen and oxygen atoms in total. The molecule has 0 radical (unpaired) electrons. The molecule has 11 aromatic carbocycles. The van der Waals surface area contributed by atoms with Crippen molar-refractivity contribution in [2.24, 2.45) is 0 Å². The lowest BCUT2D eigenvalue weighted by atomic mass is 9.96. The largest absolute Gasteiger partial charge is 0.454 e. The molecule has 0 saturated heterocycles. The zero-order valence-corrected chi connectivity index (χ0v) is 35.2. The van der Waals surface area contributed by atoms with Crippen LogP contribution in [0.5, 0.6) is 0 Å². The smallest absolute Gasteiger partial charge is 0.160 e. The second-order valence-corrected chi connectivity index (χ2v) is 17.1. The number of anilines is 3. The number of hydrogen-bond donors (Lipinski definition) is 0.